The van der Waals surface area contributed by atoms with E-state index < -0.39 is 0 Å². The van der Waals surface area contributed by atoms with Crippen LogP contribution in [0.3, 0.4) is 0 Å². The van der Waals surface area contributed by atoms with E-state index >= 15 is 0 Å². The molecule has 0 bridgehead atoms. The van der Waals surface area contributed by atoms with Crippen LogP contribution < -0.4 is 11.5 Å². The molecule has 1 saturated heterocycles. The summed E-state index contributed by atoms with van der Waals surface area (Å²) in [5.41, 5.74) is 11.5. The van der Waals surface area contributed by atoms with E-state index in [9.17, 15) is 0 Å². The molecule has 0 aliphatic carbocycles. The summed E-state index contributed by atoms with van der Waals surface area (Å²) in [6.45, 7) is 2.76. The standard InChI is InChI=1S/C8H18N2O/c1-2-7(10)8-4-3-6(9)5-11-8/h6-8H,2-5,9-10H2,1H3. The molecule has 66 valence electrons. The summed E-state index contributed by atoms with van der Waals surface area (Å²) in [5.74, 6) is 0. The first kappa shape index (κ1) is 8.97. The van der Waals surface area contributed by atoms with Crippen molar-refractivity contribution < 1.29 is 4.74 Å². The molecule has 0 aromatic heterocycles. The Labute approximate surface area is 68.1 Å². The summed E-state index contributed by atoms with van der Waals surface area (Å²) in [6, 6.07) is 0.429. The van der Waals surface area contributed by atoms with Crippen molar-refractivity contribution in [2.75, 3.05) is 6.61 Å². The maximum atomic E-state index is 5.83. The summed E-state index contributed by atoms with van der Waals surface area (Å²) < 4.78 is 5.49. The van der Waals surface area contributed by atoms with Gasteiger partial charge in [-0.15, -0.1) is 0 Å². The molecule has 1 aliphatic heterocycles. The predicted molar refractivity (Wildman–Crippen MR) is 45.2 cm³/mol. The average molecular weight is 158 g/mol. The van der Waals surface area contributed by atoms with Gasteiger partial charge in [-0.1, -0.05) is 6.92 Å². The van der Waals surface area contributed by atoms with Crippen molar-refractivity contribution in [2.24, 2.45) is 11.5 Å². The second kappa shape index (κ2) is 4.04. The summed E-state index contributed by atoms with van der Waals surface area (Å²) in [6.07, 6.45) is 3.31. The van der Waals surface area contributed by atoms with Gasteiger partial charge in [-0.2, -0.15) is 0 Å². The minimum Gasteiger partial charge on any atom is -0.375 e. The molecular formula is C8H18N2O. The highest BCUT2D eigenvalue weighted by Gasteiger charge is 2.22. The Balaban J connectivity index is 2.27. The van der Waals surface area contributed by atoms with Crippen LogP contribution in [0, 0.1) is 0 Å². The summed E-state index contributed by atoms with van der Waals surface area (Å²) in [5, 5.41) is 0. The molecular weight excluding hydrogens is 140 g/mol. The van der Waals surface area contributed by atoms with Gasteiger partial charge in [0.15, 0.2) is 0 Å². The lowest BCUT2D eigenvalue weighted by Crippen LogP contribution is -2.44. The number of hydrogen-bond acceptors (Lipinski definition) is 3. The van der Waals surface area contributed by atoms with E-state index in [0.29, 0.717) is 6.61 Å². The van der Waals surface area contributed by atoms with Gasteiger partial charge in [-0.05, 0) is 19.3 Å². The van der Waals surface area contributed by atoms with E-state index in [1.165, 1.54) is 0 Å². The quantitative estimate of drug-likeness (QED) is 0.604. The van der Waals surface area contributed by atoms with Crippen LogP contribution in [0.2, 0.25) is 0 Å². The number of nitrogens with two attached hydrogens (primary N) is 2. The van der Waals surface area contributed by atoms with Crippen molar-refractivity contribution in [1.82, 2.24) is 0 Å². The van der Waals surface area contributed by atoms with Gasteiger partial charge >= 0.3 is 0 Å². The molecule has 3 nitrogen and oxygen atoms in total. The van der Waals surface area contributed by atoms with E-state index in [4.69, 9.17) is 16.2 Å². The summed E-state index contributed by atoms with van der Waals surface area (Å²) in [7, 11) is 0. The SMILES string of the molecule is CCC(N)C1CCC(N)CO1. The zero-order valence-corrected chi connectivity index (χ0v) is 7.12. The maximum absolute atomic E-state index is 5.83. The zero-order chi connectivity index (χ0) is 8.27. The molecule has 1 fully saturated rings. The van der Waals surface area contributed by atoms with E-state index in [1.54, 1.807) is 0 Å². The number of ether oxygens (including phenoxy) is 1. The largest absolute Gasteiger partial charge is 0.375 e. The zero-order valence-electron chi connectivity index (χ0n) is 7.12. The van der Waals surface area contributed by atoms with Crippen LogP contribution in [0.5, 0.6) is 0 Å². The van der Waals surface area contributed by atoms with Crippen LogP contribution in [-0.2, 0) is 4.74 Å². The molecule has 0 amide bonds. The molecule has 0 saturated carbocycles. The predicted octanol–water partition coefficient (Wildman–Crippen LogP) is 0.230. The van der Waals surface area contributed by atoms with E-state index in [2.05, 4.69) is 6.92 Å². The lowest BCUT2D eigenvalue weighted by molar-refractivity contribution is -0.00978. The van der Waals surface area contributed by atoms with Crippen molar-refractivity contribution >= 4 is 0 Å². The van der Waals surface area contributed by atoms with E-state index in [0.717, 1.165) is 19.3 Å². The fourth-order valence-corrected chi connectivity index (χ4v) is 1.39. The highest BCUT2D eigenvalue weighted by atomic mass is 16.5. The van der Waals surface area contributed by atoms with Crippen molar-refractivity contribution in [3.05, 3.63) is 0 Å². The van der Waals surface area contributed by atoms with E-state index in [1.807, 2.05) is 0 Å². The van der Waals surface area contributed by atoms with Gasteiger partial charge in [0.05, 0.1) is 12.7 Å². The lowest BCUT2D eigenvalue weighted by atomic mass is 9.99. The Kier molecular flexibility index (Phi) is 3.30. The fraction of sp³-hybridized carbons (Fsp3) is 1.00. The normalized spacial score (nSPS) is 35.2. The minimum absolute atomic E-state index is 0.197. The van der Waals surface area contributed by atoms with Crippen LogP contribution in [0.15, 0.2) is 0 Å². The van der Waals surface area contributed by atoms with Gasteiger partial charge in [-0.3, -0.25) is 0 Å². The highest BCUT2D eigenvalue weighted by Crippen LogP contribution is 2.15. The second-order valence-electron chi connectivity index (χ2n) is 3.28. The monoisotopic (exact) mass is 158 g/mol. The molecule has 0 aromatic carbocycles. The molecule has 0 aromatic rings. The Bertz CT molecular complexity index is 111. The Morgan fingerprint density at radius 1 is 1.55 bits per heavy atom. The summed E-state index contributed by atoms with van der Waals surface area (Å²) in [4.78, 5) is 0. The Hall–Kier alpha value is -0.120. The lowest BCUT2D eigenvalue weighted by Gasteiger charge is -2.30. The van der Waals surface area contributed by atoms with Crippen LogP contribution in [0.25, 0.3) is 0 Å². The van der Waals surface area contributed by atoms with Crippen LogP contribution in [0.4, 0.5) is 0 Å². The second-order valence-corrected chi connectivity index (χ2v) is 3.28. The number of rotatable bonds is 2. The molecule has 4 N–H and O–H groups in total. The molecule has 1 rings (SSSR count). The molecule has 1 aliphatic rings. The minimum atomic E-state index is 0.197. The molecule has 3 atom stereocenters. The first-order chi connectivity index (χ1) is 5.24. The third-order valence-corrected chi connectivity index (χ3v) is 2.30. The Morgan fingerprint density at radius 2 is 2.27 bits per heavy atom. The molecule has 0 spiro atoms. The van der Waals surface area contributed by atoms with Crippen LogP contribution in [0.1, 0.15) is 26.2 Å². The van der Waals surface area contributed by atoms with Crippen molar-refractivity contribution in [3.8, 4) is 0 Å². The molecule has 0 radical (unpaired) electrons. The van der Waals surface area contributed by atoms with Crippen LogP contribution >= 0.6 is 0 Å². The fourth-order valence-electron chi connectivity index (χ4n) is 1.39. The van der Waals surface area contributed by atoms with Crippen molar-refractivity contribution in [3.63, 3.8) is 0 Å². The number of hydrogen-bond donors (Lipinski definition) is 2. The highest BCUT2D eigenvalue weighted by molar-refractivity contribution is 4.79. The molecule has 3 unspecified atom stereocenters. The molecule has 11 heavy (non-hydrogen) atoms. The van der Waals surface area contributed by atoms with Crippen molar-refractivity contribution in [2.45, 2.75) is 44.4 Å². The molecule has 1 heterocycles. The third kappa shape index (κ3) is 2.43. The van der Waals surface area contributed by atoms with Crippen molar-refractivity contribution in [1.29, 1.82) is 0 Å². The van der Waals surface area contributed by atoms with Crippen LogP contribution in [-0.4, -0.2) is 24.8 Å². The smallest absolute Gasteiger partial charge is 0.0727 e. The van der Waals surface area contributed by atoms with Gasteiger partial charge in [0.2, 0.25) is 0 Å². The maximum Gasteiger partial charge on any atom is 0.0727 e. The van der Waals surface area contributed by atoms with Gasteiger partial charge in [0, 0.05) is 12.1 Å². The Morgan fingerprint density at radius 3 is 2.73 bits per heavy atom. The van der Waals surface area contributed by atoms with Gasteiger partial charge < -0.3 is 16.2 Å². The summed E-state index contributed by atoms with van der Waals surface area (Å²) >= 11 is 0. The first-order valence-corrected chi connectivity index (χ1v) is 4.36. The average Bonchev–Trinajstić information content (AvgIpc) is 2.05. The van der Waals surface area contributed by atoms with Gasteiger partial charge in [0.1, 0.15) is 0 Å². The van der Waals surface area contributed by atoms with Gasteiger partial charge in [0.25, 0.3) is 0 Å². The topological polar surface area (TPSA) is 61.3 Å². The third-order valence-electron chi connectivity index (χ3n) is 2.30. The molecule has 3 heteroatoms. The first-order valence-electron chi connectivity index (χ1n) is 4.36. The van der Waals surface area contributed by atoms with E-state index in [-0.39, 0.29) is 18.2 Å². The van der Waals surface area contributed by atoms with Gasteiger partial charge in [-0.25, -0.2) is 0 Å².